The van der Waals surface area contributed by atoms with E-state index in [1.165, 1.54) is 5.56 Å². The minimum Gasteiger partial charge on any atom is -0.390 e. The second-order valence-corrected chi connectivity index (χ2v) is 5.18. The number of rotatable bonds is 4. The zero-order chi connectivity index (χ0) is 11.5. The van der Waals surface area contributed by atoms with Crippen LogP contribution in [-0.4, -0.2) is 28.7 Å². The van der Waals surface area contributed by atoms with E-state index in [0.29, 0.717) is 12.0 Å². The summed E-state index contributed by atoms with van der Waals surface area (Å²) in [6, 6.07) is 10.8. The van der Waals surface area contributed by atoms with Gasteiger partial charge in [0.1, 0.15) is 0 Å². The molecule has 1 aromatic rings. The van der Waals surface area contributed by atoms with Crippen molar-refractivity contribution in [2.75, 3.05) is 6.54 Å². The first-order valence-corrected chi connectivity index (χ1v) is 6.13. The molecule has 0 spiro atoms. The predicted octanol–water partition coefficient (Wildman–Crippen LogP) is 2.28. The van der Waals surface area contributed by atoms with Crippen LogP contribution >= 0.6 is 0 Å². The Labute approximate surface area is 97.9 Å². The maximum absolute atomic E-state index is 9.76. The van der Waals surface area contributed by atoms with Gasteiger partial charge in [0.05, 0.1) is 6.10 Å². The number of hydrogen-bond acceptors (Lipinski definition) is 2. The molecule has 0 bridgehead atoms. The molecule has 1 aromatic carbocycles. The number of aliphatic hydroxyl groups excluding tert-OH is 1. The molecular formula is C14H21NO. The fourth-order valence-electron chi connectivity index (χ4n) is 2.39. The summed E-state index contributed by atoms with van der Waals surface area (Å²) in [7, 11) is 0. The first-order chi connectivity index (χ1) is 7.66. The van der Waals surface area contributed by atoms with Gasteiger partial charge in [-0.05, 0) is 17.9 Å². The normalized spacial score (nSPS) is 25.8. The maximum atomic E-state index is 9.76. The summed E-state index contributed by atoms with van der Waals surface area (Å²) in [6.07, 6.45) is 0.972. The van der Waals surface area contributed by atoms with Crippen molar-refractivity contribution in [3.05, 3.63) is 35.9 Å². The lowest BCUT2D eigenvalue weighted by Crippen LogP contribution is -2.59. The Morgan fingerprint density at radius 3 is 2.56 bits per heavy atom. The molecule has 1 heterocycles. The summed E-state index contributed by atoms with van der Waals surface area (Å²) in [5, 5.41) is 9.76. The summed E-state index contributed by atoms with van der Waals surface area (Å²) < 4.78 is 0. The number of likely N-dealkylation sites (tertiary alicyclic amines) is 1. The molecule has 1 N–H and O–H groups in total. The van der Waals surface area contributed by atoms with Gasteiger partial charge in [0, 0.05) is 19.1 Å². The van der Waals surface area contributed by atoms with E-state index >= 15 is 0 Å². The molecule has 2 nitrogen and oxygen atoms in total. The van der Waals surface area contributed by atoms with Gasteiger partial charge < -0.3 is 5.11 Å². The topological polar surface area (TPSA) is 23.5 Å². The highest BCUT2D eigenvalue weighted by Gasteiger charge is 2.37. The highest BCUT2D eigenvalue weighted by Crippen LogP contribution is 2.26. The minimum absolute atomic E-state index is 0.119. The van der Waals surface area contributed by atoms with E-state index in [1.54, 1.807) is 0 Å². The lowest BCUT2D eigenvalue weighted by atomic mass is 9.90. The van der Waals surface area contributed by atoms with Crippen molar-refractivity contribution in [2.45, 2.75) is 39.0 Å². The number of β-amino-alcohol motifs (C(OH)–C–C–N with tert-alkyl or cyclic N) is 1. The van der Waals surface area contributed by atoms with Crippen molar-refractivity contribution in [3.63, 3.8) is 0 Å². The van der Waals surface area contributed by atoms with Gasteiger partial charge in [-0.15, -0.1) is 0 Å². The van der Waals surface area contributed by atoms with Crippen LogP contribution in [0.2, 0.25) is 0 Å². The zero-order valence-corrected chi connectivity index (χ0v) is 10.1. The molecule has 1 aliphatic rings. The summed E-state index contributed by atoms with van der Waals surface area (Å²) in [4.78, 5) is 2.38. The second kappa shape index (κ2) is 4.98. The highest BCUT2D eigenvalue weighted by molar-refractivity contribution is 5.15. The zero-order valence-electron chi connectivity index (χ0n) is 10.1. The molecule has 0 amide bonds. The fourth-order valence-corrected chi connectivity index (χ4v) is 2.39. The van der Waals surface area contributed by atoms with Crippen LogP contribution < -0.4 is 0 Å². The van der Waals surface area contributed by atoms with Crippen LogP contribution in [0.25, 0.3) is 0 Å². The van der Waals surface area contributed by atoms with Crippen LogP contribution in [0.3, 0.4) is 0 Å². The summed E-state index contributed by atoms with van der Waals surface area (Å²) in [5.41, 5.74) is 1.34. The molecule has 2 rings (SSSR count). The Morgan fingerprint density at radius 2 is 2.00 bits per heavy atom. The van der Waals surface area contributed by atoms with E-state index in [1.807, 2.05) is 6.07 Å². The smallest absolute Gasteiger partial charge is 0.0822 e. The van der Waals surface area contributed by atoms with Crippen LogP contribution in [0.1, 0.15) is 25.8 Å². The summed E-state index contributed by atoms with van der Waals surface area (Å²) >= 11 is 0. The van der Waals surface area contributed by atoms with E-state index < -0.39 is 0 Å². The first kappa shape index (κ1) is 11.6. The van der Waals surface area contributed by atoms with Gasteiger partial charge in [-0.25, -0.2) is 0 Å². The number of nitrogens with zero attached hydrogens (tertiary/aromatic N) is 1. The van der Waals surface area contributed by atoms with Crippen molar-refractivity contribution in [1.82, 2.24) is 4.90 Å². The Morgan fingerprint density at radius 1 is 1.31 bits per heavy atom. The van der Waals surface area contributed by atoms with E-state index in [0.717, 1.165) is 19.5 Å². The van der Waals surface area contributed by atoms with Gasteiger partial charge in [0.25, 0.3) is 0 Å². The highest BCUT2D eigenvalue weighted by atomic mass is 16.3. The molecule has 0 aliphatic carbocycles. The van der Waals surface area contributed by atoms with Gasteiger partial charge >= 0.3 is 0 Å². The van der Waals surface area contributed by atoms with Gasteiger partial charge in [-0.1, -0.05) is 44.2 Å². The number of aliphatic hydroxyl groups is 1. The monoisotopic (exact) mass is 219 g/mol. The lowest BCUT2D eigenvalue weighted by molar-refractivity contribution is -0.0743. The third kappa shape index (κ3) is 2.63. The van der Waals surface area contributed by atoms with Crippen LogP contribution in [0.4, 0.5) is 0 Å². The van der Waals surface area contributed by atoms with Crippen LogP contribution in [0, 0.1) is 5.92 Å². The minimum atomic E-state index is -0.119. The molecule has 2 heteroatoms. The van der Waals surface area contributed by atoms with Crippen molar-refractivity contribution < 1.29 is 5.11 Å². The fraction of sp³-hybridized carbons (Fsp3) is 0.571. The molecule has 1 fully saturated rings. The Bertz CT molecular complexity index is 323. The van der Waals surface area contributed by atoms with E-state index in [-0.39, 0.29) is 6.10 Å². The largest absolute Gasteiger partial charge is 0.390 e. The van der Waals surface area contributed by atoms with Crippen LogP contribution in [0.5, 0.6) is 0 Å². The molecule has 16 heavy (non-hydrogen) atoms. The molecule has 0 unspecified atom stereocenters. The van der Waals surface area contributed by atoms with Crippen molar-refractivity contribution in [1.29, 1.82) is 0 Å². The molecular weight excluding hydrogens is 198 g/mol. The molecule has 0 aromatic heterocycles. The molecule has 0 radical (unpaired) electrons. The Kier molecular flexibility index (Phi) is 3.62. The van der Waals surface area contributed by atoms with E-state index in [4.69, 9.17) is 0 Å². The van der Waals surface area contributed by atoms with Crippen LogP contribution in [0.15, 0.2) is 30.3 Å². The molecule has 1 saturated heterocycles. The molecule has 0 saturated carbocycles. The Balaban J connectivity index is 1.91. The van der Waals surface area contributed by atoms with E-state index in [2.05, 4.69) is 43.0 Å². The standard InChI is InChI=1S/C14H21NO/c1-11(2)8-13-14(16)10-15(13)9-12-6-4-3-5-7-12/h3-7,11,13-14,16H,8-10H2,1-2H3/t13-,14+/m0/s1. The third-order valence-electron chi connectivity index (χ3n) is 3.28. The maximum Gasteiger partial charge on any atom is 0.0822 e. The van der Waals surface area contributed by atoms with Crippen molar-refractivity contribution in [3.8, 4) is 0 Å². The van der Waals surface area contributed by atoms with Crippen molar-refractivity contribution >= 4 is 0 Å². The molecule has 2 atom stereocenters. The van der Waals surface area contributed by atoms with Gasteiger partial charge in [-0.2, -0.15) is 0 Å². The second-order valence-electron chi connectivity index (χ2n) is 5.18. The first-order valence-electron chi connectivity index (χ1n) is 6.13. The third-order valence-corrected chi connectivity index (χ3v) is 3.28. The molecule has 1 aliphatic heterocycles. The lowest BCUT2D eigenvalue weighted by Gasteiger charge is -2.46. The Hall–Kier alpha value is -0.860. The van der Waals surface area contributed by atoms with Crippen molar-refractivity contribution in [2.24, 2.45) is 5.92 Å². The number of hydrogen-bond donors (Lipinski definition) is 1. The summed E-state index contributed by atoms with van der Waals surface area (Å²) in [5.74, 6) is 0.651. The van der Waals surface area contributed by atoms with E-state index in [9.17, 15) is 5.11 Å². The van der Waals surface area contributed by atoms with Crippen LogP contribution in [-0.2, 0) is 6.54 Å². The average Bonchev–Trinajstić information content (AvgIpc) is 2.27. The summed E-state index contributed by atoms with van der Waals surface area (Å²) in [6.45, 7) is 6.22. The average molecular weight is 219 g/mol. The molecule has 88 valence electrons. The van der Waals surface area contributed by atoms with Gasteiger partial charge in [0.2, 0.25) is 0 Å². The van der Waals surface area contributed by atoms with Gasteiger partial charge in [0.15, 0.2) is 0 Å². The number of benzene rings is 1. The quantitative estimate of drug-likeness (QED) is 0.839. The predicted molar refractivity (Wildman–Crippen MR) is 66.1 cm³/mol. The SMILES string of the molecule is CC(C)C[C@H]1[C@H](O)CN1Cc1ccccc1. The van der Waals surface area contributed by atoms with Gasteiger partial charge in [-0.3, -0.25) is 4.90 Å².